The number of hydrogen-bond donors (Lipinski definition) is 1. The van der Waals surface area contributed by atoms with Crippen LogP contribution in [0.4, 0.5) is 5.69 Å². The van der Waals surface area contributed by atoms with Crippen LogP contribution in [0, 0.1) is 0 Å². The summed E-state index contributed by atoms with van der Waals surface area (Å²) in [6, 6.07) is 9.22. The number of rotatable bonds is 7. The summed E-state index contributed by atoms with van der Waals surface area (Å²) in [6.07, 6.45) is 2.54. The highest BCUT2D eigenvalue weighted by atomic mass is 79.9. The second-order valence-corrected chi connectivity index (χ2v) is 8.89. The van der Waals surface area contributed by atoms with Gasteiger partial charge in [0.25, 0.3) is 5.91 Å². The van der Waals surface area contributed by atoms with E-state index in [1.807, 2.05) is 0 Å². The number of carbonyl (C=O) groups excluding carboxylic acids is 2. The molecule has 0 unspecified atom stereocenters. The first-order chi connectivity index (χ1) is 14.3. The van der Waals surface area contributed by atoms with Crippen molar-refractivity contribution in [2.45, 2.75) is 4.90 Å². The second-order valence-electron chi connectivity index (χ2n) is 6.18. The molecular formula is C19H19BrN2O7S. The topological polar surface area (TPSA) is 115 Å². The van der Waals surface area contributed by atoms with Crippen molar-refractivity contribution in [1.82, 2.24) is 4.31 Å². The van der Waals surface area contributed by atoms with Crippen molar-refractivity contribution in [2.75, 3.05) is 38.2 Å². The van der Waals surface area contributed by atoms with Gasteiger partial charge in [0.1, 0.15) is 5.76 Å². The van der Waals surface area contributed by atoms with Gasteiger partial charge in [0, 0.05) is 24.9 Å². The van der Waals surface area contributed by atoms with Gasteiger partial charge >= 0.3 is 5.97 Å². The Bertz CT molecular complexity index is 1040. The number of nitrogens with one attached hydrogen (secondary N) is 1. The Morgan fingerprint density at radius 1 is 1.20 bits per heavy atom. The number of carbonyl (C=O) groups is 2. The average molecular weight is 499 g/mol. The lowest BCUT2D eigenvalue weighted by Crippen LogP contribution is -2.40. The lowest BCUT2D eigenvalue weighted by Gasteiger charge is -2.26. The summed E-state index contributed by atoms with van der Waals surface area (Å²) in [5.41, 5.74) is 0.279. The normalized spacial score (nSPS) is 15.2. The van der Waals surface area contributed by atoms with Gasteiger partial charge in [-0.25, -0.2) is 13.2 Å². The van der Waals surface area contributed by atoms with Crippen LogP contribution < -0.4 is 5.32 Å². The molecule has 1 aromatic carbocycles. The molecule has 1 N–H and O–H groups in total. The molecule has 0 aliphatic carbocycles. The molecule has 3 rings (SSSR count). The molecule has 160 valence electrons. The molecule has 0 bridgehead atoms. The number of anilines is 1. The zero-order valence-electron chi connectivity index (χ0n) is 15.7. The molecule has 1 aliphatic heterocycles. The summed E-state index contributed by atoms with van der Waals surface area (Å²) in [4.78, 5) is 23.8. The molecule has 0 spiro atoms. The minimum Gasteiger partial charge on any atom is -0.452 e. The fourth-order valence-corrected chi connectivity index (χ4v) is 4.39. The highest BCUT2D eigenvalue weighted by Gasteiger charge is 2.26. The van der Waals surface area contributed by atoms with Crippen LogP contribution in [0.3, 0.4) is 0 Å². The first-order valence-electron chi connectivity index (χ1n) is 8.92. The fourth-order valence-electron chi connectivity index (χ4n) is 2.62. The number of morpholine rings is 1. The van der Waals surface area contributed by atoms with Crippen molar-refractivity contribution >= 4 is 49.6 Å². The van der Waals surface area contributed by atoms with E-state index >= 15 is 0 Å². The van der Waals surface area contributed by atoms with E-state index in [0.717, 1.165) is 6.08 Å². The Kier molecular flexibility index (Phi) is 7.43. The van der Waals surface area contributed by atoms with Crippen LogP contribution in [-0.4, -0.2) is 57.5 Å². The maximum Gasteiger partial charge on any atom is 0.331 e. The maximum absolute atomic E-state index is 12.7. The van der Waals surface area contributed by atoms with Crippen LogP contribution in [0.2, 0.25) is 0 Å². The number of furan rings is 1. The average Bonchev–Trinajstić information content (AvgIpc) is 3.17. The van der Waals surface area contributed by atoms with Crippen molar-refractivity contribution < 1.29 is 31.9 Å². The van der Waals surface area contributed by atoms with Crippen LogP contribution in [0.15, 0.2) is 56.5 Å². The predicted octanol–water partition coefficient (Wildman–Crippen LogP) is 2.26. The SMILES string of the molecule is O=C(COC(=O)/C=C/c1ccc(Br)o1)Nc1cccc(S(=O)(=O)N2CCOCC2)c1. The Labute approximate surface area is 181 Å². The third-order valence-electron chi connectivity index (χ3n) is 4.05. The van der Waals surface area contributed by atoms with Gasteiger partial charge < -0.3 is 19.2 Å². The molecule has 0 saturated carbocycles. The number of hydrogen-bond acceptors (Lipinski definition) is 7. The summed E-state index contributed by atoms with van der Waals surface area (Å²) in [6.45, 7) is 0.708. The highest BCUT2D eigenvalue weighted by Crippen LogP contribution is 2.20. The largest absolute Gasteiger partial charge is 0.452 e. The number of amides is 1. The van der Waals surface area contributed by atoms with Gasteiger partial charge in [-0.15, -0.1) is 0 Å². The molecule has 2 heterocycles. The Morgan fingerprint density at radius 3 is 2.67 bits per heavy atom. The Hall–Kier alpha value is -2.47. The van der Waals surface area contributed by atoms with Gasteiger partial charge in [-0.1, -0.05) is 6.07 Å². The van der Waals surface area contributed by atoms with Gasteiger partial charge in [-0.05, 0) is 52.3 Å². The van der Waals surface area contributed by atoms with E-state index in [1.165, 1.54) is 28.6 Å². The number of sulfonamides is 1. The second kappa shape index (κ2) is 10.0. The molecule has 2 aromatic rings. The zero-order valence-corrected chi connectivity index (χ0v) is 18.1. The van der Waals surface area contributed by atoms with Crippen LogP contribution in [0.1, 0.15) is 5.76 Å². The number of benzene rings is 1. The molecule has 1 fully saturated rings. The van der Waals surface area contributed by atoms with Gasteiger partial charge in [0.2, 0.25) is 10.0 Å². The molecule has 0 atom stereocenters. The number of esters is 1. The minimum absolute atomic E-state index is 0.0618. The van der Waals surface area contributed by atoms with Crippen molar-refractivity contribution in [2.24, 2.45) is 0 Å². The van der Waals surface area contributed by atoms with E-state index < -0.39 is 28.5 Å². The fraction of sp³-hybridized carbons (Fsp3) is 0.263. The van der Waals surface area contributed by atoms with E-state index in [-0.39, 0.29) is 23.7 Å². The van der Waals surface area contributed by atoms with Gasteiger partial charge in [-0.3, -0.25) is 4.79 Å². The van der Waals surface area contributed by atoms with Gasteiger partial charge in [-0.2, -0.15) is 4.31 Å². The van der Waals surface area contributed by atoms with Crippen LogP contribution in [-0.2, 0) is 29.1 Å². The highest BCUT2D eigenvalue weighted by molar-refractivity contribution is 9.10. The van der Waals surface area contributed by atoms with Crippen molar-refractivity contribution in [3.05, 3.63) is 52.9 Å². The van der Waals surface area contributed by atoms with Gasteiger partial charge in [0.15, 0.2) is 11.3 Å². The lowest BCUT2D eigenvalue weighted by atomic mass is 10.3. The molecule has 1 amide bonds. The molecule has 0 radical (unpaired) electrons. The first kappa shape index (κ1) is 22.2. The van der Waals surface area contributed by atoms with Crippen molar-refractivity contribution in [3.8, 4) is 0 Å². The lowest BCUT2D eigenvalue weighted by molar-refractivity contribution is -0.142. The number of halogens is 1. The molecular weight excluding hydrogens is 480 g/mol. The summed E-state index contributed by atoms with van der Waals surface area (Å²) in [7, 11) is -3.68. The molecule has 1 aliphatic rings. The third-order valence-corrected chi connectivity index (χ3v) is 6.37. The zero-order chi connectivity index (χ0) is 21.6. The van der Waals surface area contributed by atoms with E-state index in [9.17, 15) is 18.0 Å². The van der Waals surface area contributed by atoms with E-state index in [1.54, 1.807) is 18.2 Å². The summed E-state index contributed by atoms with van der Waals surface area (Å²) in [5, 5.41) is 2.52. The monoisotopic (exact) mass is 498 g/mol. The van der Waals surface area contributed by atoms with Crippen LogP contribution in [0.25, 0.3) is 6.08 Å². The quantitative estimate of drug-likeness (QED) is 0.459. The van der Waals surface area contributed by atoms with Crippen molar-refractivity contribution in [1.29, 1.82) is 0 Å². The predicted molar refractivity (Wildman–Crippen MR) is 111 cm³/mol. The summed E-state index contributed by atoms with van der Waals surface area (Å²) < 4.78 is 42.5. The molecule has 9 nitrogen and oxygen atoms in total. The third kappa shape index (κ3) is 6.02. The molecule has 1 saturated heterocycles. The molecule has 1 aromatic heterocycles. The summed E-state index contributed by atoms with van der Waals surface area (Å²) in [5.74, 6) is -0.874. The minimum atomic E-state index is -3.68. The van der Waals surface area contributed by atoms with Crippen LogP contribution >= 0.6 is 15.9 Å². The number of ether oxygens (including phenoxy) is 2. The molecule has 11 heteroatoms. The van der Waals surface area contributed by atoms with E-state index in [0.29, 0.717) is 23.6 Å². The standard InChI is InChI=1S/C19H19BrN2O7S/c20-17-6-4-15(29-17)5-7-19(24)28-13-18(23)21-14-2-1-3-16(12-14)30(25,26)22-8-10-27-11-9-22/h1-7,12H,8-11,13H2,(H,21,23)/b7-5+. The Morgan fingerprint density at radius 2 is 1.97 bits per heavy atom. The van der Waals surface area contributed by atoms with E-state index in [4.69, 9.17) is 13.9 Å². The Balaban J connectivity index is 1.54. The molecule has 30 heavy (non-hydrogen) atoms. The first-order valence-corrected chi connectivity index (χ1v) is 11.2. The smallest absolute Gasteiger partial charge is 0.331 e. The van der Waals surface area contributed by atoms with Gasteiger partial charge in [0.05, 0.1) is 18.1 Å². The summed E-state index contributed by atoms with van der Waals surface area (Å²) >= 11 is 3.14. The van der Waals surface area contributed by atoms with Crippen LogP contribution in [0.5, 0.6) is 0 Å². The maximum atomic E-state index is 12.7. The van der Waals surface area contributed by atoms with Crippen molar-refractivity contribution in [3.63, 3.8) is 0 Å². The van der Waals surface area contributed by atoms with E-state index in [2.05, 4.69) is 21.2 Å². The number of nitrogens with zero attached hydrogens (tertiary/aromatic N) is 1.